The summed E-state index contributed by atoms with van der Waals surface area (Å²) in [5.74, 6) is 0.687. The van der Waals surface area contributed by atoms with E-state index in [1.54, 1.807) is 31.4 Å². The van der Waals surface area contributed by atoms with Crippen molar-refractivity contribution >= 4 is 17.4 Å². The number of rotatable bonds is 12. The van der Waals surface area contributed by atoms with E-state index in [0.29, 0.717) is 54.0 Å². The second-order valence-corrected chi connectivity index (χ2v) is 10.9. The Morgan fingerprint density at radius 3 is 2.36 bits per heavy atom. The van der Waals surface area contributed by atoms with Crippen molar-refractivity contribution in [3.05, 3.63) is 58.7 Å². The molecule has 0 aromatic heterocycles. The number of likely N-dealkylation sites (tertiary alicyclic amines) is 1. The number of nitrogens with zero attached hydrogens (tertiary/aromatic N) is 2. The lowest BCUT2D eigenvalue weighted by Crippen LogP contribution is -2.35. The summed E-state index contributed by atoms with van der Waals surface area (Å²) in [6.45, 7) is 11.4. The van der Waals surface area contributed by atoms with E-state index in [9.17, 15) is 14.7 Å². The predicted molar refractivity (Wildman–Crippen MR) is 152 cm³/mol. The Bertz CT molecular complexity index is 1220. The Morgan fingerprint density at radius 1 is 1.05 bits per heavy atom. The minimum absolute atomic E-state index is 0.00169. The highest BCUT2D eigenvalue weighted by Crippen LogP contribution is 2.42. The molecule has 1 aliphatic rings. The zero-order chi connectivity index (χ0) is 28.9. The van der Waals surface area contributed by atoms with Crippen molar-refractivity contribution < 1.29 is 28.9 Å². The summed E-state index contributed by atoms with van der Waals surface area (Å²) in [4.78, 5) is 30.1. The van der Waals surface area contributed by atoms with Crippen LogP contribution in [0, 0.1) is 12.8 Å². The fraction of sp³-hybridized carbons (Fsp3) is 0.484. The van der Waals surface area contributed by atoms with Gasteiger partial charge in [0.1, 0.15) is 11.5 Å². The second-order valence-electron chi connectivity index (χ2n) is 10.9. The van der Waals surface area contributed by atoms with Crippen LogP contribution in [0.4, 0.5) is 0 Å². The van der Waals surface area contributed by atoms with Crippen molar-refractivity contribution in [1.82, 2.24) is 9.80 Å². The number of Topliss-reactive ketones (excluding diaryl/α,β-unsaturated/α-hetero) is 1. The highest BCUT2D eigenvalue weighted by molar-refractivity contribution is 6.46. The minimum atomic E-state index is -0.783. The molecule has 1 saturated heterocycles. The van der Waals surface area contributed by atoms with Crippen molar-refractivity contribution in [3.8, 4) is 17.2 Å². The average Bonchev–Trinajstić information content (AvgIpc) is 3.11. The molecule has 1 amide bonds. The lowest BCUT2D eigenvalue weighted by molar-refractivity contribution is -0.140. The molecule has 1 fully saturated rings. The molecule has 0 saturated carbocycles. The van der Waals surface area contributed by atoms with Crippen molar-refractivity contribution in [2.75, 3.05) is 40.9 Å². The molecule has 212 valence electrons. The monoisotopic (exact) mass is 538 g/mol. The van der Waals surface area contributed by atoms with Crippen LogP contribution in [0.1, 0.15) is 56.8 Å². The first-order valence-corrected chi connectivity index (χ1v) is 13.5. The number of hydrogen-bond donors (Lipinski definition) is 1. The fourth-order valence-electron chi connectivity index (χ4n) is 4.54. The number of likely N-dealkylation sites (N-methyl/N-ethyl adjacent to an activating group) is 1. The molecule has 1 aliphatic heterocycles. The quantitative estimate of drug-likeness (QED) is 0.226. The first kappa shape index (κ1) is 30.0. The molecule has 2 aromatic carbocycles. The summed E-state index contributed by atoms with van der Waals surface area (Å²) in [6.07, 6.45) is 0.897. The molecule has 1 atom stereocenters. The van der Waals surface area contributed by atoms with E-state index in [1.807, 2.05) is 51.9 Å². The average molecular weight is 539 g/mol. The highest BCUT2D eigenvalue weighted by atomic mass is 16.5. The number of methoxy groups -OCH3 is 1. The number of aliphatic hydroxyl groups is 1. The number of aryl methyl sites for hydroxylation is 1. The van der Waals surface area contributed by atoms with E-state index >= 15 is 0 Å². The maximum atomic E-state index is 13.4. The molecule has 1 heterocycles. The summed E-state index contributed by atoms with van der Waals surface area (Å²) in [5.41, 5.74) is 1.91. The third-order valence-electron chi connectivity index (χ3n) is 6.61. The van der Waals surface area contributed by atoms with Gasteiger partial charge in [0.2, 0.25) is 0 Å². The number of amides is 1. The Labute approximate surface area is 232 Å². The molecule has 3 rings (SSSR count). The summed E-state index contributed by atoms with van der Waals surface area (Å²) in [7, 11) is 5.37. The Balaban J connectivity index is 2.11. The largest absolute Gasteiger partial charge is 0.507 e. The van der Waals surface area contributed by atoms with Gasteiger partial charge in [-0.3, -0.25) is 9.59 Å². The van der Waals surface area contributed by atoms with E-state index in [4.69, 9.17) is 14.2 Å². The van der Waals surface area contributed by atoms with Crippen LogP contribution in [0.15, 0.2) is 42.0 Å². The highest BCUT2D eigenvalue weighted by Gasteiger charge is 2.46. The molecule has 0 bridgehead atoms. The van der Waals surface area contributed by atoms with Gasteiger partial charge in [-0.25, -0.2) is 0 Å². The summed E-state index contributed by atoms with van der Waals surface area (Å²) in [6, 6.07) is 9.91. The van der Waals surface area contributed by atoms with E-state index in [1.165, 1.54) is 4.90 Å². The molecule has 8 heteroatoms. The van der Waals surface area contributed by atoms with Gasteiger partial charge in [0.05, 0.1) is 31.4 Å². The van der Waals surface area contributed by atoms with E-state index in [-0.39, 0.29) is 17.4 Å². The SMILES string of the molecule is COc1cc(C2/C(=C(\O)c3ccc(OC(C)C)cc3C)C(=O)C(=O)N2CCN(C)C)ccc1OCCC(C)C. The lowest BCUT2D eigenvalue weighted by atomic mass is 9.93. The van der Waals surface area contributed by atoms with Crippen molar-refractivity contribution in [3.63, 3.8) is 0 Å². The number of benzene rings is 2. The molecule has 39 heavy (non-hydrogen) atoms. The summed E-state index contributed by atoms with van der Waals surface area (Å²) < 4.78 is 17.3. The van der Waals surface area contributed by atoms with Crippen LogP contribution in [-0.2, 0) is 9.59 Å². The van der Waals surface area contributed by atoms with E-state index in [0.717, 1.165) is 12.0 Å². The normalized spacial score (nSPS) is 17.0. The van der Waals surface area contributed by atoms with Crippen molar-refractivity contribution in [2.24, 2.45) is 5.92 Å². The van der Waals surface area contributed by atoms with Crippen LogP contribution in [0.5, 0.6) is 17.2 Å². The van der Waals surface area contributed by atoms with Crippen molar-refractivity contribution in [1.29, 1.82) is 0 Å². The van der Waals surface area contributed by atoms with Crippen LogP contribution >= 0.6 is 0 Å². The molecule has 0 radical (unpaired) electrons. The fourth-order valence-corrected chi connectivity index (χ4v) is 4.54. The number of carbonyl (C=O) groups is 2. The number of aliphatic hydroxyl groups excluding tert-OH is 1. The molecule has 1 unspecified atom stereocenters. The number of hydrogen-bond acceptors (Lipinski definition) is 7. The molecule has 1 N–H and O–H groups in total. The van der Waals surface area contributed by atoms with Gasteiger partial charge < -0.3 is 29.1 Å². The van der Waals surface area contributed by atoms with Gasteiger partial charge in [-0.05, 0) is 88.7 Å². The van der Waals surface area contributed by atoms with Gasteiger partial charge in [-0.2, -0.15) is 0 Å². The van der Waals surface area contributed by atoms with Gasteiger partial charge in [0, 0.05) is 18.7 Å². The molecular formula is C31H42N2O6. The maximum absolute atomic E-state index is 13.4. The van der Waals surface area contributed by atoms with Gasteiger partial charge in [0.15, 0.2) is 11.5 Å². The first-order valence-electron chi connectivity index (χ1n) is 13.5. The number of ether oxygens (including phenoxy) is 3. The zero-order valence-electron chi connectivity index (χ0n) is 24.4. The zero-order valence-corrected chi connectivity index (χ0v) is 24.4. The molecular weight excluding hydrogens is 496 g/mol. The number of carbonyl (C=O) groups excluding carboxylic acids is 2. The standard InChI is InChI=1S/C31H42N2O6/c1-19(2)13-16-38-25-12-9-22(18-26(25)37-8)28-27(30(35)31(36)33(28)15-14-32(6)7)29(34)24-11-10-23(17-21(24)5)39-20(3)4/h9-12,17-20,28,34H,13-16H2,1-8H3/b29-27+. The van der Waals surface area contributed by atoms with E-state index in [2.05, 4.69) is 13.8 Å². The smallest absolute Gasteiger partial charge is 0.295 e. The summed E-state index contributed by atoms with van der Waals surface area (Å²) in [5, 5.41) is 11.5. The first-order chi connectivity index (χ1) is 18.4. The van der Waals surface area contributed by atoms with E-state index < -0.39 is 17.7 Å². The third kappa shape index (κ3) is 7.12. The van der Waals surface area contributed by atoms with Crippen LogP contribution in [-0.4, -0.2) is 73.6 Å². The predicted octanol–water partition coefficient (Wildman–Crippen LogP) is 5.20. The summed E-state index contributed by atoms with van der Waals surface area (Å²) >= 11 is 0. The van der Waals surface area contributed by atoms with Gasteiger partial charge >= 0.3 is 0 Å². The van der Waals surface area contributed by atoms with Crippen molar-refractivity contribution in [2.45, 2.75) is 53.2 Å². The number of ketones is 1. The lowest BCUT2D eigenvalue weighted by Gasteiger charge is -2.27. The molecule has 2 aromatic rings. The van der Waals surface area contributed by atoms with Gasteiger partial charge in [0.25, 0.3) is 11.7 Å². The Kier molecular flexibility index (Phi) is 10.0. The Hall–Kier alpha value is -3.52. The van der Waals surface area contributed by atoms with Crippen LogP contribution in [0.25, 0.3) is 5.76 Å². The second kappa shape index (κ2) is 13.0. The van der Waals surface area contributed by atoms with Crippen LogP contribution in [0.2, 0.25) is 0 Å². The molecule has 8 nitrogen and oxygen atoms in total. The maximum Gasteiger partial charge on any atom is 0.295 e. The topological polar surface area (TPSA) is 88.5 Å². The molecule has 0 aliphatic carbocycles. The van der Waals surface area contributed by atoms with Crippen LogP contribution in [0.3, 0.4) is 0 Å². The minimum Gasteiger partial charge on any atom is -0.507 e. The third-order valence-corrected chi connectivity index (χ3v) is 6.61. The van der Waals surface area contributed by atoms with Gasteiger partial charge in [-0.15, -0.1) is 0 Å². The van der Waals surface area contributed by atoms with Gasteiger partial charge in [-0.1, -0.05) is 19.9 Å². The molecule has 0 spiro atoms. The Morgan fingerprint density at radius 2 is 1.77 bits per heavy atom. The van der Waals surface area contributed by atoms with Crippen LogP contribution < -0.4 is 14.2 Å².